The van der Waals surface area contributed by atoms with Crippen molar-refractivity contribution in [2.75, 3.05) is 0 Å². The van der Waals surface area contributed by atoms with E-state index in [1.807, 2.05) is 0 Å². The molecule has 0 aliphatic heterocycles. The monoisotopic (exact) mass is 401 g/mol. The van der Waals surface area contributed by atoms with Crippen LogP contribution in [0.5, 0.6) is 0 Å². The Bertz CT molecular complexity index is 1150. The Balaban J connectivity index is 1.57. The molecular weight excluding hydrogens is 387 g/mol. The van der Waals surface area contributed by atoms with Crippen LogP contribution in [0.2, 0.25) is 0 Å². The minimum absolute atomic E-state index is 0.168. The average Bonchev–Trinajstić information content (AvgIpc) is 3.36. The molecule has 0 unspecified atom stereocenters. The van der Waals surface area contributed by atoms with Crippen molar-refractivity contribution < 1.29 is 22.4 Å². The van der Waals surface area contributed by atoms with Crippen molar-refractivity contribution in [1.82, 2.24) is 25.5 Å². The lowest BCUT2D eigenvalue weighted by atomic mass is 10.1. The van der Waals surface area contributed by atoms with Gasteiger partial charge in [0.15, 0.2) is 5.58 Å². The highest BCUT2D eigenvalue weighted by Gasteiger charge is 2.30. The van der Waals surface area contributed by atoms with Gasteiger partial charge in [0.05, 0.1) is 11.6 Å². The number of carbonyl (C=O) groups is 1. The zero-order valence-electron chi connectivity index (χ0n) is 15.0. The van der Waals surface area contributed by atoms with Crippen molar-refractivity contribution in [3.8, 4) is 11.5 Å². The molecule has 7 nitrogen and oxygen atoms in total. The van der Waals surface area contributed by atoms with Crippen LogP contribution in [-0.2, 0) is 6.18 Å². The van der Waals surface area contributed by atoms with Gasteiger partial charge in [-0.05, 0) is 49.4 Å². The Morgan fingerprint density at radius 3 is 2.59 bits per heavy atom. The molecule has 1 amide bonds. The van der Waals surface area contributed by atoms with Gasteiger partial charge in [0.1, 0.15) is 17.7 Å². The number of amides is 1. The molecule has 2 aromatic heterocycles. The number of benzene rings is 2. The van der Waals surface area contributed by atoms with Gasteiger partial charge >= 0.3 is 6.18 Å². The standard InChI is InChI=1S/C19H14F3N5O2/c1-10(16-23-9-24-27-16)25-17(28)12-4-7-15-14(8-12)26-18(29-15)11-2-5-13(6-3-11)19(20,21)22/h2-10H,1H3,(H,25,28)(H,23,24,27)/t10-/m0/s1. The molecule has 4 aromatic rings. The number of hydrogen-bond donors (Lipinski definition) is 2. The Kier molecular flexibility index (Phi) is 4.53. The number of aromatic nitrogens is 4. The molecular formula is C19H14F3N5O2. The number of hydrogen-bond acceptors (Lipinski definition) is 5. The lowest BCUT2D eigenvalue weighted by Gasteiger charge is -2.10. The van der Waals surface area contributed by atoms with Gasteiger partial charge in [-0.25, -0.2) is 9.97 Å². The van der Waals surface area contributed by atoms with Gasteiger partial charge in [-0.2, -0.15) is 18.3 Å². The summed E-state index contributed by atoms with van der Waals surface area (Å²) < 4.78 is 43.7. The van der Waals surface area contributed by atoms with Gasteiger partial charge in [-0.3, -0.25) is 9.89 Å². The summed E-state index contributed by atoms with van der Waals surface area (Å²) >= 11 is 0. The summed E-state index contributed by atoms with van der Waals surface area (Å²) in [4.78, 5) is 20.7. The molecule has 0 fully saturated rings. The summed E-state index contributed by atoms with van der Waals surface area (Å²) in [6, 6.07) is 8.86. The van der Waals surface area contributed by atoms with E-state index in [1.54, 1.807) is 25.1 Å². The quantitative estimate of drug-likeness (QED) is 0.536. The first-order valence-electron chi connectivity index (χ1n) is 8.55. The Hall–Kier alpha value is -3.69. The van der Waals surface area contributed by atoms with Crippen molar-refractivity contribution >= 4 is 17.0 Å². The Morgan fingerprint density at radius 1 is 1.17 bits per heavy atom. The third-order valence-electron chi connectivity index (χ3n) is 4.30. The van der Waals surface area contributed by atoms with Crippen molar-refractivity contribution in [2.45, 2.75) is 19.1 Å². The number of rotatable bonds is 4. The molecule has 0 bridgehead atoms. The summed E-state index contributed by atoms with van der Waals surface area (Å²) in [7, 11) is 0. The zero-order chi connectivity index (χ0) is 20.6. The van der Waals surface area contributed by atoms with Gasteiger partial charge < -0.3 is 9.73 Å². The normalized spacial score (nSPS) is 12.8. The van der Waals surface area contributed by atoms with E-state index in [-0.39, 0.29) is 17.8 Å². The van der Waals surface area contributed by atoms with Crippen LogP contribution in [0.1, 0.15) is 34.7 Å². The third kappa shape index (κ3) is 3.82. The second-order valence-corrected chi connectivity index (χ2v) is 6.34. The van der Waals surface area contributed by atoms with E-state index in [1.165, 1.54) is 18.5 Å². The van der Waals surface area contributed by atoms with Crippen molar-refractivity contribution in [3.63, 3.8) is 0 Å². The minimum Gasteiger partial charge on any atom is -0.436 e. The molecule has 2 N–H and O–H groups in total. The van der Waals surface area contributed by atoms with Gasteiger partial charge in [-0.1, -0.05) is 0 Å². The highest BCUT2D eigenvalue weighted by atomic mass is 19.4. The fourth-order valence-corrected chi connectivity index (χ4v) is 2.77. The summed E-state index contributed by atoms with van der Waals surface area (Å²) in [5.74, 6) is 0.349. The molecule has 1 atom stereocenters. The first-order valence-corrected chi connectivity index (χ1v) is 8.55. The summed E-state index contributed by atoms with van der Waals surface area (Å²) in [5.41, 5.74) is 0.840. The summed E-state index contributed by atoms with van der Waals surface area (Å²) in [6.45, 7) is 1.76. The predicted octanol–water partition coefficient (Wildman–Crippen LogP) is 4.12. The number of fused-ring (bicyclic) bond motifs is 1. The van der Waals surface area contributed by atoms with Crippen LogP contribution >= 0.6 is 0 Å². The number of aromatic amines is 1. The van der Waals surface area contributed by atoms with Crippen LogP contribution in [0.15, 0.2) is 53.2 Å². The van der Waals surface area contributed by atoms with Crippen LogP contribution < -0.4 is 5.32 Å². The first-order chi connectivity index (χ1) is 13.8. The van der Waals surface area contributed by atoms with E-state index < -0.39 is 11.7 Å². The second kappa shape index (κ2) is 7.04. The van der Waals surface area contributed by atoms with Crippen molar-refractivity contribution in [1.29, 1.82) is 0 Å². The van der Waals surface area contributed by atoms with Crippen LogP contribution in [0.3, 0.4) is 0 Å². The fourth-order valence-electron chi connectivity index (χ4n) is 2.77. The average molecular weight is 401 g/mol. The van der Waals surface area contributed by atoms with Gasteiger partial charge in [0, 0.05) is 11.1 Å². The smallest absolute Gasteiger partial charge is 0.416 e. The molecule has 0 saturated heterocycles. The van der Waals surface area contributed by atoms with E-state index >= 15 is 0 Å². The molecule has 29 heavy (non-hydrogen) atoms. The molecule has 148 valence electrons. The minimum atomic E-state index is -4.41. The number of alkyl halides is 3. The number of nitrogens with zero attached hydrogens (tertiary/aromatic N) is 3. The maximum Gasteiger partial charge on any atom is 0.416 e. The van der Waals surface area contributed by atoms with Gasteiger partial charge in [0.2, 0.25) is 5.89 Å². The number of oxazole rings is 1. The topological polar surface area (TPSA) is 96.7 Å². The number of halogens is 3. The zero-order valence-corrected chi connectivity index (χ0v) is 15.0. The third-order valence-corrected chi connectivity index (χ3v) is 4.30. The summed E-state index contributed by atoms with van der Waals surface area (Å²) in [6.07, 6.45) is -3.06. The molecule has 0 radical (unpaired) electrons. The molecule has 0 aliphatic rings. The molecule has 2 heterocycles. The Morgan fingerprint density at radius 2 is 1.93 bits per heavy atom. The maximum atomic E-state index is 12.7. The van der Waals surface area contributed by atoms with Crippen LogP contribution in [0, 0.1) is 0 Å². The fraction of sp³-hybridized carbons (Fsp3) is 0.158. The van der Waals surface area contributed by atoms with Gasteiger partial charge in [0.25, 0.3) is 5.91 Å². The van der Waals surface area contributed by atoms with Gasteiger partial charge in [-0.15, -0.1) is 0 Å². The molecule has 2 aromatic carbocycles. The number of carbonyl (C=O) groups excluding carboxylic acids is 1. The molecule has 10 heteroatoms. The second-order valence-electron chi connectivity index (χ2n) is 6.34. The molecule has 0 spiro atoms. The molecule has 0 aliphatic carbocycles. The van der Waals surface area contributed by atoms with E-state index in [2.05, 4.69) is 25.5 Å². The van der Waals surface area contributed by atoms with E-state index in [4.69, 9.17) is 4.42 Å². The number of nitrogens with one attached hydrogen (secondary N) is 2. The highest BCUT2D eigenvalue weighted by molar-refractivity contribution is 5.97. The first kappa shape index (κ1) is 18.7. The predicted molar refractivity (Wildman–Crippen MR) is 96.7 cm³/mol. The largest absolute Gasteiger partial charge is 0.436 e. The maximum absolute atomic E-state index is 12.7. The van der Waals surface area contributed by atoms with Crippen LogP contribution in [-0.4, -0.2) is 26.1 Å². The number of H-pyrrole nitrogens is 1. The summed E-state index contributed by atoms with van der Waals surface area (Å²) in [5, 5.41) is 9.21. The Labute approximate surface area is 162 Å². The SMILES string of the molecule is C[C@H](NC(=O)c1ccc2oc(-c3ccc(C(F)(F)F)cc3)nc2c1)c1ncn[nH]1. The van der Waals surface area contributed by atoms with E-state index in [9.17, 15) is 18.0 Å². The van der Waals surface area contributed by atoms with Crippen molar-refractivity contribution in [2.24, 2.45) is 0 Å². The van der Waals surface area contributed by atoms with Crippen LogP contribution in [0.4, 0.5) is 13.2 Å². The molecule has 0 saturated carbocycles. The highest BCUT2D eigenvalue weighted by Crippen LogP contribution is 2.31. The van der Waals surface area contributed by atoms with Crippen molar-refractivity contribution in [3.05, 3.63) is 65.7 Å². The van der Waals surface area contributed by atoms with E-state index in [0.29, 0.717) is 28.1 Å². The lowest BCUT2D eigenvalue weighted by Crippen LogP contribution is -2.27. The lowest BCUT2D eigenvalue weighted by molar-refractivity contribution is -0.137. The van der Waals surface area contributed by atoms with E-state index in [0.717, 1.165) is 12.1 Å². The van der Waals surface area contributed by atoms with Crippen LogP contribution in [0.25, 0.3) is 22.6 Å². The molecule has 4 rings (SSSR count).